The molecule has 8 heteroatoms. The number of nitrogens with zero attached hydrogens (tertiary/aromatic N) is 2. The summed E-state index contributed by atoms with van der Waals surface area (Å²) in [5.41, 5.74) is 4.14. The van der Waals surface area contributed by atoms with E-state index in [2.05, 4.69) is 9.62 Å². The van der Waals surface area contributed by atoms with Gasteiger partial charge in [-0.15, -0.1) is 0 Å². The van der Waals surface area contributed by atoms with Gasteiger partial charge in [0, 0.05) is 62.0 Å². The predicted molar refractivity (Wildman–Crippen MR) is 122 cm³/mol. The van der Waals surface area contributed by atoms with E-state index in [0.29, 0.717) is 13.1 Å². The fraction of sp³-hybridized carbons (Fsp3) is 0.409. The lowest BCUT2D eigenvalue weighted by Crippen LogP contribution is -2.47. The first-order chi connectivity index (χ1) is 14.4. The summed E-state index contributed by atoms with van der Waals surface area (Å²) in [6.45, 7) is 6.87. The zero-order valence-corrected chi connectivity index (χ0v) is 19.0. The molecule has 0 radical (unpaired) electrons. The average Bonchev–Trinajstić information content (AvgIpc) is 2.78. The van der Waals surface area contributed by atoms with Crippen LogP contribution in [-0.2, 0) is 0 Å². The first-order valence-electron chi connectivity index (χ1n) is 9.80. The summed E-state index contributed by atoms with van der Waals surface area (Å²) in [6, 6.07) is 9.81. The van der Waals surface area contributed by atoms with Crippen molar-refractivity contribution in [3.05, 3.63) is 41.5 Å². The average molecular weight is 432 g/mol. The highest BCUT2D eigenvalue weighted by Crippen LogP contribution is 2.31. The van der Waals surface area contributed by atoms with Crippen molar-refractivity contribution in [1.29, 1.82) is 0 Å². The molecule has 0 bridgehead atoms. The lowest BCUT2D eigenvalue weighted by molar-refractivity contribution is 0.219. The maximum atomic E-state index is 12.7. The number of hydrogen-bond acceptors (Lipinski definition) is 7. The number of ether oxygens (including phenoxy) is 3. The minimum Gasteiger partial charge on any atom is -0.497 e. The van der Waals surface area contributed by atoms with Gasteiger partial charge in [0.15, 0.2) is 0 Å². The number of aryl methyl sites for hydroxylation is 2. The van der Waals surface area contributed by atoms with Crippen molar-refractivity contribution in [3.63, 3.8) is 0 Å². The molecule has 2 aromatic rings. The molecule has 0 spiro atoms. The van der Waals surface area contributed by atoms with E-state index in [9.17, 15) is 4.79 Å². The normalized spacial score (nSPS) is 13.8. The van der Waals surface area contributed by atoms with Crippen molar-refractivity contribution in [2.45, 2.75) is 13.8 Å². The number of methoxy groups -OCH3 is 3. The Morgan fingerprint density at radius 3 is 2.03 bits per heavy atom. The van der Waals surface area contributed by atoms with Crippen LogP contribution in [0.4, 0.5) is 16.2 Å². The van der Waals surface area contributed by atoms with Gasteiger partial charge in [-0.05, 0) is 37.1 Å². The Hall–Kier alpha value is -2.74. The summed E-state index contributed by atoms with van der Waals surface area (Å²) in [6.07, 6.45) is 0. The minimum absolute atomic E-state index is 0.00171. The number of rotatable bonds is 6. The van der Waals surface area contributed by atoms with Crippen molar-refractivity contribution in [2.75, 3.05) is 57.1 Å². The van der Waals surface area contributed by atoms with Crippen LogP contribution < -0.4 is 23.8 Å². The molecule has 1 saturated heterocycles. The van der Waals surface area contributed by atoms with E-state index in [4.69, 9.17) is 14.2 Å². The Labute approximate surface area is 182 Å². The molecule has 7 nitrogen and oxygen atoms in total. The number of benzene rings is 2. The van der Waals surface area contributed by atoms with Gasteiger partial charge in [0.1, 0.15) is 17.2 Å². The molecule has 1 aliphatic rings. The van der Waals surface area contributed by atoms with Crippen LogP contribution >= 0.6 is 11.9 Å². The van der Waals surface area contributed by atoms with Crippen molar-refractivity contribution < 1.29 is 19.0 Å². The largest absolute Gasteiger partial charge is 0.497 e. The number of carbonyl (C=O) groups excluding carboxylic acids is 1. The monoisotopic (exact) mass is 431 g/mol. The maximum Gasteiger partial charge on any atom is 0.302 e. The van der Waals surface area contributed by atoms with Crippen LogP contribution in [0.5, 0.6) is 17.2 Å². The van der Waals surface area contributed by atoms with Crippen molar-refractivity contribution >= 4 is 28.6 Å². The molecular weight excluding hydrogens is 402 g/mol. The van der Waals surface area contributed by atoms with E-state index < -0.39 is 0 Å². The minimum atomic E-state index is -0.00171. The van der Waals surface area contributed by atoms with E-state index in [-0.39, 0.29) is 5.24 Å². The molecule has 1 heterocycles. The first kappa shape index (κ1) is 22.0. The van der Waals surface area contributed by atoms with Gasteiger partial charge in [-0.2, -0.15) is 0 Å². The van der Waals surface area contributed by atoms with Gasteiger partial charge < -0.3 is 28.7 Å². The fourth-order valence-corrected chi connectivity index (χ4v) is 3.99. The Morgan fingerprint density at radius 1 is 0.867 bits per heavy atom. The molecule has 1 fully saturated rings. The molecule has 1 N–H and O–H groups in total. The summed E-state index contributed by atoms with van der Waals surface area (Å²) in [5.74, 6) is 2.24. The van der Waals surface area contributed by atoms with Gasteiger partial charge in [0.2, 0.25) is 0 Å². The van der Waals surface area contributed by atoms with E-state index in [0.717, 1.165) is 64.8 Å². The molecule has 3 rings (SSSR count). The molecule has 1 aliphatic heterocycles. The number of hydrogen-bond donors (Lipinski definition) is 1. The third-order valence-electron chi connectivity index (χ3n) is 5.30. The Balaban J connectivity index is 1.58. The molecule has 2 aromatic carbocycles. The van der Waals surface area contributed by atoms with E-state index >= 15 is 0 Å². The van der Waals surface area contributed by atoms with Crippen LogP contribution in [0.15, 0.2) is 30.3 Å². The second-order valence-corrected chi connectivity index (χ2v) is 7.91. The fourth-order valence-electron chi connectivity index (χ4n) is 3.32. The summed E-state index contributed by atoms with van der Waals surface area (Å²) < 4.78 is 19.3. The SMILES string of the molecule is COc1cc(OC)cc(N2CCN(C(=O)SNc3cc(C)c(C)cc3OC)CC2)c1. The predicted octanol–water partition coefficient (Wildman–Crippen LogP) is 4.33. The third-order valence-corrected chi connectivity index (χ3v) is 6.06. The van der Waals surface area contributed by atoms with Crippen molar-refractivity contribution in [2.24, 2.45) is 0 Å². The number of piperazine rings is 1. The maximum absolute atomic E-state index is 12.7. The second kappa shape index (κ2) is 9.84. The molecule has 162 valence electrons. The molecule has 30 heavy (non-hydrogen) atoms. The molecule has 0 unspecified atom stereocenters. The second-order valence-electron chi connectivity index (χ2n) is 7.15. The smallest absolute Gasteiger partial charge is 0.302 e. The van der Waals surface area contributed by atoms with E-state index in [1.165, 1.54) is 0 Å². The Morgan fingerprint density at radius 2 is 1.47 bits per heavy atom. The molecule has 1 amide bonds. The third kappa shape index (κ3) is 5.05. The van der Waals surface area contributed by atoms with Crippen LogP contribution in [0.3, 0.4) is 0 Å². The number of amides is 1. The topological polar surface area (TPSA) is 63.3 Å². The highest BCUT2D eigenvalue weighted by molar-refractivity contribution is 8.14. The molecule has 0 aromatic heterocycles. The Kier molecular flexibility index (Phi) is 7.20. The number of carbonyl (C=O) groups is 1. The molecular formula is C22H29N3O4S. The van der Waals surface area contributed by atoms with Gasteiger partial charge >= 0.3 is 5.24 Å². The highest BCUT2D eigenvalue weighted by atomic mass is 32.2. The van der Waals surface area contributed by atoms with Gasteiger partial charge in [0.25, 0.3) is 0 Å². The van der Waals surface area contributed by atoms with Gasteiger partial charge in [-0.1, -0.05) is 0 Å². The number of nitrogens with one attached hydrogen (secondary N) is 1. The van der Waals surface area contributed by atoms with Crippen LogP contribution in [0.2, 0.25) is 0 Å². The zero-order valence-electron chi connectivity index (χ0n) is 18.2. The van der Waals surface area contributed by atoms with Crippen LogP contribution in [0, 0.1) is 13.8 Å². The van der Waals surface area contributed by atoms with Crippen LogP contribution in [0.25, 0.3) is 0 Å². The molecule has 0 saturated carbocycles. The highest BCUT2D eigenvalue weighted by Gasteiger charge is 2.23. The lowest BCUT2D eigenvalue weighted by Gasteiger charge is -2.36. The zero-order chi connectivity index (χ0) is 21.7. The van der Waals surface area contributed by atoms with Gasteiger partial charge in [0.05, 0.1) is 27.0 Å². The quantitative estimate of drug-likeness (QED) is 0.683. The number of anilines is 2. The summed E-state index contributed by atoms with van der Waals surface area (Å²) in [7, 11) is 4.92. The van der Waals surface area contributed by atoms with Gasteiger partial charge in [-0.3, -0.25) is 4.79 Å². The summed E-state index contributed by atoms with van der Waals surface area (Å²) in [4.78, 5) is 16.8. The van der Waals surface area contributed by atoms with Crippen LogP contribution in [-0.4, -0.2) is 57.6 Å². The summed E-state index contributed by atoms with van der Waals surface area (Å²) in [5, 5.41) is -0.00171. The van der Waals surface area contributed by atoms with Crippen LogP contribution in [0.1, 0.15) is 11.1 Å². The molecule has 0 aliphatic carbocycles. The lowest BCUT2D eigenvalue weighted by atomic mass is 10.1. The van der Waals surface area contributed by atoms with Crippen molar-refractivity contribution in [3.8, 4) is 17.2 Å². The molecule has 0 atom stereocenters. The van der Waals surface area contributed by atoms with E-state index in [1.807, 2.05) is 49.1 Å². The Bertz CT molecular complexity index is 876. The standard InChI is InChI=1S/C22H29N3O4S/c1-15-10-20(21(29-5)11-16(15)2)23-30-22(26)25-8-6-24(7-9-25)17-12-18(27-3)14-19(13-17)28-4/h10-14,23H,6-9H2,1-5H3. The first-order valence-corrected chi connectivity index (χ1v) is 10.6. The van der Waals surface area contributed by atoms with Gasteiger partial charge in [-0.25, -0.2) is 0 Å². The van der Waals surface area contributed by atoms with Crippen molar-refractivity contribution in [1.82, 2.24) is 4.90 Å². The summed E-state index contributed by atoms with van der Waals surface area (Å²) >= 11 is 1.09. The van der Waals surface area contributed by atoms with E-state index in [1.54, 1.807) is 21.3 Å².